The van der Waals surface area contributed by atoms with Gasteiger partial charge in [-0.25, -0.2) is 4.79 Å². The molecule has 5 heteroatoms. The Morgan fingerprint density at radius 3 is 2.04 bits per heavy atom. The molecule has 23 heavy (non-hydrogen) atoms. The number of urea groups is 1. The number of rotatable bonds is 3. The van der Waals surface area contributed by atoms with E-state index in [1.54, 1.807) is 36.4 Å². The summed E-state index contributed by atoms with van der Waals surface area (Å²) in [6.07, 6.45) is 1.25. The fourth-order valence-corrected chi connectivity index (χ4v) is 1.67. The van der Waals surface area contributed by atoms with Gasteiger partial charge in [0.1, 0.15) is 5.75 Å². The Kier molecular flexibility index (Phi) is 7.33. The second-order valence-corrected chi connectivity index (χ2v) is 4.97. The van der Waals surface area contributed by atoms with Crippen LogP contribution >= 0.6 is 0 Å². The molecule has 0 heterocycles. The van der Waals surface area contributed by atoms with Gasteiger partial charge in [0.15, 0.2) is 5.78 Å². The average Bonchev–Trinajstić information content (AvgIpc) is 2.48. The molecule has 0 saturated carbocycles. The summed E-state index contributed by atoms with van der Waals surface area (Å²) in [7, 11) is 0. The van der Waals surface area contributed by atoms with E-state index in [1.807, 2.05) is 0 Å². The van der Waals surface area contributed by atoms with Crippen LogP contribution in [0.25, 0.3) is 0 Å². The Bertz CT molecular complexity index is 652. The lowest BCUT2D eigenvalue weighted by atomic mass is 10.1. The highest BCUT2D eigenvalue weighted by Crippen LogP contribution is 2.16. The number of anilines is 2. The van der Waals surface area contributed by atoms with Gasteiger partial charge in [-0.3, -0.25) is 4.79 Å². The Balaban J connectivity index is 0.000000816. The first kappa shape index (κ1) is 18.2. The molecule has 0 aliphatic carbocycles. The number of amides is 2. The Labute approximate surface area is 136 Å². The molecule has 0 atom stereocenters. The first-order valence-corrected chi connectivity index (χ1v) is 7.44. The molecular formula is C18H22N2O3. The number of nitrogens with one attached hydrogen (secondary N) is 2. The average molecular weight is 314 g/mol. The van der Waals surface area contributed by atoms with Crippen LogP contribution in [0.1, 0.15) is 37.6 Å². The van der Waals surface area contributed by atoms with Crippen molar-refractivity contribution in [2.75, 3.05) is 10.6 Å². The lowest BCUT2D eigenvalue weighted by Crippen LogP contribution is -2.19. The van der Waals surface area contributed by atoms with Gasteiger partial charge >= 0.3 is 6.03 Å². The van der Waals surface area contributed by atoms with E-state index in [9.17, 15) is 14.7 Å². The SMILES string of the molecule is CC(=O)c1ccc(NC(=O)Nc2cccc(O)c2)cc1.CCC. The number of benzene rings is 2. The molecule has 0 fully saturated rings. The number of phenols is 1. The number of aromatic hydroxyl groups is 1. The number of Topliss-reactive ketones (excluding diaryl/α,β-unsaturated/α-hetero) is 1. The monoisotopic (exact) mass is 314 g/mol. The van der Waals surface area contributed by atoms with Crippen LogP contribution in [0, 0.1) is 0 Å². The molecule has 2 aromatic carbocycles. The van der Waals surface area contributed by atoms with Crippen LogP contribution in [-0.2, 0) is 0 Å². The highest BCUT2D eigenvalue weighted by molar-refractivity contribution is 6.00. The second-order valence-electron chi connectivity index (χ2n) is 4.97. The third-order valence-electron chi connectivity index (χ3n) is 2.65. The quantitative estimate of drug-likeness (QED) is 0.721. The number of phenolic OH excluding ortho intramolecular Hbond substituents is 1. The number of carbonyl (C=O) groups excluding carboxylic acids is 2. The van der Waals surface area contributed by atoms with E-state index in [0.717, 1.165) is 0 Å². The van der Waals surface area contributed by atoms with E-state index in [4.69, 9.17) is 0 Å². The van der Waals surface area contributed by atoms with Gasteiger partial charge in [0.05, 0.1) is 0 Å². The molecule has 0 bridgehead atoms. The zero-order valence-electron chi connectivity index (χ0n) is 13.6. The van der Waals surface area contributed by atoms with Gasteiger partial charge in [0.2, 0.25) is 0 Å². The minimum absolute atomic E-state index is 0.0271. The molecule has 0 unspecified atom stereocenters. The predicted molar refractivity (Wildman–Crippen MR) is 93.2 cm³/mol. The minimum atomic E-state index is -0.425. The van der Waals surface area contributed by atoms with Crippen LogP contribution in [0.3, 0.4) is 0 Å². The standard InChI is InChI=1S/C15H14N2O3.C3H8/c1-10(18)11-5-7-12(8-6-11)16-15(20)17-13-3-2-4-14(19)9-13;1-3-2/h2-9,19H,1H3,(H2,16,17,20);3H2,1-2H3. The lowest BCUT2D eigenvalue weighted by Gasteiger charge is -2.08. The Morgan fingerprint density at radius 1 is 0.957 bits per heavy atom. The van der Waals surface area contributed by atoms with Crippen molar-refractivity contribution in [2.24, 2.45) is 0 Å². The van der Waals surface area contributed by atoms with Crippen molar-refractivity contribution in [3.8, 4) is 5.75 Å². The lowest BCUT2D eigenvalue weighted by molar-refractivity contribution is 0.101. The molecule has 0 radical (unpaired) electrons. The summed E-state index contributed by atoms with van der Waals surface area (Å²) in [6, 6.07) is 12.4. The van der Waals surface area contributed by atoms with Gasteiger partial charge in [-0.2, -0.15) is 0 Å². The van der Waals surface area contributed by atoms with Crippen molar-refractivity contribution >= 4 is 23.2 Å². The largest absolute Gasteiger partial charge is 0.508 e. The topological polar surface area (TPSA) is 78.4 Å². The highest BCUT2D eigenvalue weighted by Gasteiger charge is 2.04. The van der Waals surface area contributed by atoms with Gasteiger partial charge in [-0.1, -0.05) is 26.3 Å². The summed E-state index contributed by atoms with van der Waals surface area (Å²) in [4.78, 5) is 22.9. The molecule has 0 aliphatic heterocycles. The zero-order valence-corrected chi connectivity index (χ0v) is 13.6. The van der Waals surface area contributed by atoms with E-state index >= 15 is 0 Å². The van der Waals surface area contributed by atoms with E-state index in [2.05, 4.69) is 24.5 Å². The molecule has 0 spiro atoms. The molecule has 0 aromatic heterocycles. The van der Waals surface area contributed by atoms with Crippen molar-refractivity contribution in [3.63, 3.8) is 0 Å². The molecule has 2 aromatic rings. The highest BCUT2D eigenvalue weighted by atomic mass is 16.3. The van der Waals surface area contributed by atoms with Crippen molar-refractivity contribution in [1.29, 1.82) is 0 Å². The maximum Gasteiger partial charge on any atom is 0.323 e. The molecule has 0 aliphatic rings. The molecule has 2 amide bonds. The molecule has 122 valence electrons. The van der Waals surface area contributed by atoms with E-state index in [0.29, 0.717) is 16.9 Å². The van der Waals surface area contributed by atoms with Crippen LogP contribution in [-0.4, -0.2) is 16.9 Å². The van der Waals surface area contributed by atoms with Gasteiger partial charge in [0.25, 0.3) is 0 Å². The smallest absolute Gasteiger partial charge is 0.323 e. The fourth-order valence-electron chi connectivity index (χ4n) is 1.67. The number of carbonyl (C=O) groups is 2. The van der Waals surface area contributed by atoms with Crippen molar-refractivity contribution in [3.05, 3.63) is 54.1 Å². The first-order valence-electron chi connectivity index (χ1n) is 7.44. The van der Waals surface area contributed by atoms with E-state index in [1.165, 1.54) is 25.5 Å². The normalized spacial score (nSPS) is 9.35. The molecular weight excluding hydrogens is 292 g/mol. The maximum atomic E-state index is 11.7. The minimum Gasteiger partial charge on any atom is -0.508 e. The van der Waals surface area contributed by atoms with Crippen molar-refractivity contribution < 1.29 is 14.7 Å². The van der Waals surface area contributed by atoms with Crippen LogP contribution in [0.15, 0.2) is 48.5 Å². The maximum absolute atomic E-state index is 11.7. The zero-order chi connectivity index (χ0) is 17.2. The number of hydrogen-bond acceptors (Lipinski definition) is 3. The number of hydrogen-bond donors (Lipinski definition) is 3. The summed E-state index contributed by atoms with van der Waals surface area (Å²) in [6.45, 7) is 5.73. The third kappa shape index (κ3) is 6.65. The van der Waals surface area contributed by atoms with E-state index in [-0.39, 0.29) is 11.5 Å². The third-order valence-corrected chi connectivity index (χ3v) is 2.65. The van der Waals surface area contributed by atoms with Crippen LogP contribution < -0.4 is 10.6 Å². The van der Waals surface area contributed by atoms with Gasteiger partial charge in [0, 0.05) is 23.0 Å². The van der Waals surface area contributed by atoms with Crippen LogP contribution in [0.4, 0.5) is 16.2 Å². The van der Waals surface area contributed by atoms with E-state index < -0.39 is 6.03 Å². The molecule has 2 rings (SSSR count). The summed E-state index contributed by atoms with van der Waals surface area (Å²) in [5, 5.41) is 14.5. The van der Waals surface area contributed by atoms with Crippen molar-refractivity contribution in [1.82, 2.24) is 0 Å². The summed E-state index contributed by atoms with van der Waals surface area (Å²) >= 11 is 0. The van der Waals surface area contributed by atoms with Crippen LogP contribution in [0.5, 0.6) is 5.75 Å². The predicted octanol–water partition coefficient (Wildman–Crippen LogP) is 4.66. The van der Waals surface area contributed by atoms with Gasteiger partial charge in [-0.15, -0.1) is 0 Å². The second kappa shape index (κ2) is 9.25. The van der Waals surface area contributed by atoms with Gasteiger partial charge in [-0.05, 0) is 43.3 Å². The number of ketones is 1. The fraction of sp³-hybridized carbons (Fsp3) is 0.222. The Morgan fingerprint density at radius 2 is 1.52 bits per heavy atom. The first-order chi connectivity index (χ1) is 11.0. The van der Waals surface area contributed by atoms with Crippen molar-refractivity contribution in [2.45, 2.75) is 27.2 Å². The summed E-state index contributed by atoms with van der Waals surface area (Å²) < 4.78 is 0. The summed E-state index contributed by atoms with van der Waals surface area (Å²) in [5.74, 6) is 0.0503. The molecule has 0 saturated heterocycles. The van der Waals surface area contributed by atoms with Gasteiger partial charge < -0.3 is 15.7 Å². The molecule has 3 N–H and O–H groups in total. The summed E-state index contributed by atoms with van der Waals surface area (Å²) in [5.41, 5.74) is 1.65. The van der Waals surface area contributed by atoms with Crippen LogP contribution in [0.2, 0.25) is 0 Å². The molecule has 5 nitrogen and oxygen atoms in total. The Hall–Kier alpha value is -2.82.